The zero-order valence-corrected chi connectivity index (χ0v) is 15.8. The molecule has 1 saturated heterocycles. The van der Waals surface area contributed by atoms with Crippen molar-refractivity contribution in [3.8, 4) is 0 Å². The summed E-state index contributed by atoms with van der Waals surface area (Å²) in [4.78, 5) is 2.36. The molecule has 0 saturated carbocycles. The summed E-state index contributed by atoms with van der Waals surface area (Å²) in [7, 11) is 0. The zero-order chi connectivity index (χ0) is 19.3. The van der Waals surface area contributed by atoms with Crippen LogP contribution in [-0.4, -0.2) is 48.0 Å². The number of likely N-dealkylation sites (tertiary alicyclic amines) is 1. The van der Waals surface area contributed by atoms with Gasteiger partial charge in [-0.25, -0.2) is 4.39 Å². The van der Waals surface area contributed by atoms with Crippen LogP contribution in [0.5, 0.6) is 0 Å². The first kappa shape index (κ1) is 19.1. The van der Waals surface area contributed by atoms with Crippen LogP contribution in [0.25, 0.3) is 11.0 Å². The lowest BCUT2D eigenvalue weighted by Crippen LogP contribution is -2.35. The number of rotatable bonds is 7. The maximum Gasteiger partial charge on any atom is 0.167 e. The Bertz CT molecular complexity index is 891. The van der Waals surface area contributed by atoms with Crippen molar-refractivity contribution in [3.63, 3.8) is 0 Å². The molecule has 1 fully saturated rings. The van der Waals surface area contributed by atoms with E-state index in [0.717, 1.165) is 49.1 Å². The minimum atomic E-state index is -0.590. The average Bonchev–Trinajstić information content (AvgIpc) is 3.15. The largest absolute Gasteiger partial charge is 0.386 e. The Kier molecular flexibility index (Phi) is 6.00. The second-order valence-electron chi connectivity index (χ2n) is 7.33. The van der Waals surface area contributed by atoms with E-state index in [1.165, 1.54) is 12.1 Å². The van der Waals surface area contributed by atoms with Gasteiger partial charge in [0.25, 0.3) is 0 Å². The molecule has 2 aromatic carbocycles. The summed E-state index contributed by atoms with van der Waals surface area (Å²) in [5.74, 6) is 0.0318. The van der Waals surface area contributed by atoms with Crippen LogP contribution in [0.4, 0.5) is 4.39 Å². The Labute approximate surface area is 163 Å². The number of nitrogens with zero attached hydrogens (tertiary/aromatic N) is 2. The SMILES string of the molecule is OC(COCCN1CCC(c2noc3ccc(F)cc23)CC1)c1ccccc1. The van der Waals surface area contributed by atoms with Gasteiger partial charge in [0.1, 0.15) is 11.9 Å². The molecular formula is C22H25FN2O3. The summed E-state index contributed by atoms with van der Waals surface area (Å²) in [6.07, 6.45) is 1.34. The highest BCUT2D eigenvalue weighted by Crippen LogP contribution is 2.32. The highest BCUT2D eigenvalue weighted by molar-refractivity contribution is 5.79. The lowest BCUT2D eigenvalue weighted by Gasteiger charge is -2.31. The number of aliphatic hydroxyl groups is 1. The van der Waals surface area contributed by atoms with Crippen molar-refractivity contribution in [1.82, 2.24) is 10.1 Å². The van der Waals surface area contributed by atoms with Crippen molar-refractivity contribution in [2.24, 2.45) is 0 Å². The van der Waals surface area contributed by atoms with Crippen LogP contribution < -0.4 is 0 Å². The van der Waals surface area contributed by atoms with Gasteiger partial charge in [0.15, 0.2) is 5.58 Å². The van der Waals surface area contributed by atoms with Crippen LogP contribution in [-0.2, 0) is 4.74 Å². The molecule has 2 heterocycles. The molecule has 1 atom stereocenters. The molecule has 0 radical (unpaired) electrons. The van der Waals surface area contributed by atoms with Crippen LogP contribution in [0.3, 0.4) is 0 Å². The molecule has 0 aliphatic carbocycles. The molecule has 1 aliphatic rings. The fourth-order valence-corrected chi connectivity index (χ4v) is 3.81. The lowest BCUT2D eigenvalue weighted by atomic mass is 9.91. The summed E-state index contributed by atoms with van der Waals surface area (Å²) in [6, 6.07) is 14.1. The molecule has 4 rings (SSSR count). The Morgan fingerprint density at radius 2 is 1.96 bits per heavy atom. The summed E-state index contributed by atoms with van der Waals surface area (Å²) >= 11 is 0. The van der Waals surface area contributed by atoms with Crippen molar-refractivity contribution in [1.29, 1.82) is 0 Å². The minimum absolute atomic E-state index is 0.260. The molecule has 0 spiro atoms. The topological polar surface area (TPSA) is 58.7 Å². The third-order valence-corrected chi connectivity index (χ3v) is 5.45. The molecule has 0 bridgehead atoms. The first-order valence-corrected chi connectivity index (χ1v) is 9.78. The summed E-state index contributed by atoms with van der Waals surface area (Å²) in [5.41, 5.74) is 2.39. The van der Waals surface area contributed by atoms with Gasteiger partial charge in [-0.05, 0) is 49.7 Å². The van der Waals surface area contributed by atoms with E-state index < -0.39 is 6.10 Å². The number of benzene rings is 2. The first-order valence-electron chi connectivity index (χ1n) is 9.78. The van der Waals surface area contributed by atoms with Crippen molar-refractivity contribution >= 4 is 11.0 Å². The quantitative estimate of drug-likeness (QED) is 0.626. The van der Waals surface area contributed by atoms with Gasteiger partial charge in [-0.2, -0.15) is 0 Å². The van der Waals surface area contributed by atoms with E-state index >= 15 is 0 Å². The molecule has 148 valence electrons. The van der Waals surface area contributed by atoms with Crippen molar-refractivity contribution < 1.29 is 18.8 Å². The third kappa shape index (κ3) is 4.41. The minimum Gasteiger partial charge on any atom is -0.386 e. The molecule has 1 aromatic heterocycles. The van der Waals surface area contributed by atoms with Crippen LogP contribution in [0.2, 0.25) is 0 Å². The predicted molar refractivity (Wildman–Crippen MR) is 105 cm³/mol. The highest BCUT2D eigenvalue weighted by Gasteiger charge is 2.25. The van der Waals surface area contributed by atoms with E-state index in [1.54, 1.807) is 6.07 Å². The van der Waals surface area contributed by atoms with Gasteiger partial charge in [-0.3, -0.25) is 0 Å². The van der Waals surface area contributed by atoms with Gasteiger partial charge in [0.05, 0.1) is 18.9 Å². The van der Waals surface area contributed by atoms with E-state index in [4.69, 9.17) is 9.26 Å². The van der Waals surface area contributed by atoms with Gasteiger partial charge in [-0.1, -0.05) is 35.5 Å². The number of aromatic nitrogens is 1. The number of hydrogen-bond donors (Lipinski definition) is 1. The first-order chi connectivity index (χ1) is 13.7. The normalized spacial score (nSPS) is 17.2. The molecule has 1 unspecified atom stereocenters. The fourth-order valence-electron chi connectivity index (χ4n) is 3.81. The predicted octanol–water partition coefficient (Wildman–Crippen LogP) is 3.90. The molecule has 3 aromatic rings. The number of aliphatic hydroxyl groups excluding tert-OH is 1. The lowest BCUT2D eigenvalue weighted by molar-refractivity contribution is 0.0238. The van der Waals surface area contributed by atoms with Crippen LogP contribution in [0.15, 0.2) is 53.1 Å². The number of halogens is 1. The number of hydrogen-bond acceptors (Lipinski definition) is 5. The molecular weight excluding hydrogens is 359 g/mol. The van der Waals surface area contributed by atoms with Crippen molar-refractivity contribution in [2.45, 2.75) is 24.9 Å². The standard InChI is InChI=1S/C22H25FN2O3/c23-18-6-7-21-19(14-18)22(24-28-21)17-8-10-25(11-9-17)12-13-27-15-20(26)16-4-2-1-3-5-16/h1-7,14,17,20,26H,8-13,15H2. The van der Waals surface area contributed by atoms with Crippen LogP contribution in [0.1, 0.15) is 36.1 Å². The summed E-state index contributed by atoms with van der Waals surface area (Å²) in [6.45, 7) is 3.62. The summed E-state index contributed by atoms with van der Waals surface area (Å²) in [5, 5.41) is 15.1. The average molecular weight is 384 g/mol. The van der Waals surface area contributed by atoms with Gasteiger partial charge >= 0.3 is 0 Å². The zero-order valence-electron chi connectivity index (χ0n) is 15.8. The van der Waals surface area contributed by atoms with Gasteiger partial charge in [0.2, 0.25) is 0 Å². The van der Waals surface area contributed by atoms with E-state index in [1.807, 2.05) is 30.3 Å². The highest BCUT2D eigenvalue weighted by atomic mass is 19.1. The Hall–Kier alpha value is -2.28. The second kappa shape index (κ2) is 8.82. The van der Waals surface area contributed by atoms with E-state index in [9.17, 15) is 9.50 Å². The second-order valence-corrected chi connectivity index (χ2v) is 7.33. The smallest absolute Gasteiger partial charge is 0.167 e. The molecule has 1 aliphatic heterocycles. The van der Waals surface area contributed by atoms with Gasteiger partial charge in [0, 0.05) is 17.8 Å². The fraction of sp³-hybridized carbons (Fsp3) is 0.409. The monoisotopic (exact) mass is 384 g/mol. The molecule has 5 nitrogen and oxygen atoms in total. The Morgan fingerprint density at radius 1 is 1.18 bits per heavy atom. The van der Waals surface area contributed by atoms with E-state index in [-0.39, 0.29) is 5.82 Å². The Morgan fingerprint density at radius 3 is 2.75 bits per heavy atom. The van der Waals surface area contributed by atoms with Gasteiger partial charge < -0.3 is 19.3 Å². The Balaban J connectivity index is 1.22. The van der Waals surface area contributed by atoms with Crippen LogP contribution >= 0.6 is 0 Å². The number of ether oxygens (including phenoxy) is 1. The maximum atomic E-state index is 13.6. The maximum absolute atomic E-state index is 13.6. The van der Waals surface area contributed by atoms with Crippen molar-refractivity contribution in [2.75, 3.05) is 32.8 Å². The number of fused-ring (bicyclic) bond motifs is 1. The van der Waals surface area contributed by atoms with Crippen molar-refractivity contribution in [3.05, 3.63) is 65.6 Å². The molecule has 28 heavy (non-hydrogen) atoms. The van der Waals surface area contributed by atoms with Gasteiger partial charge in [-0.15, -0.1) is 0 Å². The molecule has 6 heteroatoms. The molecule has 0 amide bonds. The van der Waals surface area contributed by atoms with E-state index in [2.05, 4.69) is 10.1 Å². The third-order valence-electron chi connectivity index (χ3n) is 5.45. The number of piperidine rings is 1. The summed E-state index contributed by atoms with van der Waals surface area (Å²) < 4.78 is 24.6. The van der Waals surface area contributed by atoms with Crippen LogP contribution in [0, 0.1) is 5.82 Å². The van der Waals surface area contributed by atoms with E-state index in [0.29, 0.717) is 24.7 Å². The molecule has 1 N–H and O–H groups in total.